The van der Waals surface area contributed by atoms with Crippen LogP contribution in [0.3, 0.4) is 0 Å². The van der Waals surface area contributed by atoms with Crippen LogP contribution < -0.4 is 5.32 Å². The molecule has 1 rings (SSSR count). The van der Waals surface area contributed by atoms with E-state index < -0.39 is 12.8 Å². The zero-order valence-electron chi connectivity index (χ0n) is 10.9. The molecule has 1 aromatic carbocycles. The topological polar surface area (TPSA) is 38.3 Å². The predicted octanol–water partition coefficient (Wildman–Crippen LogP) is 3.92. The highest BCUT2D eigenvalue weighted by atomic mass is 79.9. The Hall–Kier alpha value is -1.08. The molecule has 0 aromatic heterocycles. The SMILES string of the molecule is CCc1cc(Br)ccc1NC(=O)CCOCC(F)(F)F. The van der Waals surface area contributed by atoms with Crippen molar-refractivity contribution in [1.29, 1.82) is 0 Å². The first-order valence-electron chi connectivity index (χ1n) is 6.04. The van der Waals surface area contributed by atoms with Crippen molar-refractivity contribution < 1.29 is 22.7 Å². The van der Waals surface area contributed by atoms with Gasteiger partial charge in [0.05, 0.1) is 13.0 Å². The lowest BCUT2D eigenvalue weighted by Crippen LogP contribution is -2.20. The first-order valence-corrected chi connectivity index (χ1v) is 6.84. The van der Waals surface area contributed by atoms with Crippen LogP contribution in [0.4, 0.5) is 18.9 Å². The van der Waals surface area contributed by atoms with E-state index in [0.717, 1.165) is 16.5 Å². The lowest BCUT2D eigenvalue weighted by atomic mass is 10.1. The van der Waals surface area contributed by atoms with Gasteiger partial charge < -0.3 is 10.1 Å². The van der Waals surface area contributed by atoms with Crippen LogP contribution in [-0.2, 0) is 16.0 Å². The largest absolute Gasteiger partial charge is 0.411 e. The third-order valence-electron chi connectivity index (χ3n) is 2.46. The Labute approximate surface area is 123 Å². The molecule has 0 atom stereocenters. The summed E-state index contributed by atoms with van der Waals surface area (Å²) in [6.45, 7) is 0.353. The number of hydrogen-bond donors (Lipinski definition) is 1. The fraction of sp³-hybridized carbons (Fsp3) is 0.462. The van der Waals surface area contributed by atoms with Gasteiger partial charge >= 0.3 is 6.18 Å². The minimum atomic E-state index is -4.36. The van der Waals surface area contributed by atoms with Crippen LogP contribution in [0.25, 0.3) is 0 Å². The van der Waals surface area contributed by atoms with Crippen molar-refractivity contribution in [3.05, 3.63) is 28.2 Å². The zero-order chi connectivity index (χ0) is 15.2. The second kappa shape index (κ2) is 7.64. The molecule has 0 saturated carbocycles. The van der Waals surface area contributed by atoms with Gasteiger partial charge in [0.15, 0.2) is 0 Å². The maximum Gasteiger partial charge on any atom is 0.411 e. The van der Waals surface area contributed by atoms with E-state index in [1.807, 2.05) is 13.0 Å². The molecular formula is C13H15BrF3NO2. The quantitative estimate of drug-likeness (QED) is 0.787. The van der Waals surface area contributed by atoms with Gasteiger partial charge in [0, 0.05) is 10.2 Å². The Morgan fingerprint density at radius 2 is 2.10 bits per heavy atom. The number of alkyl halides is 3. The lowest BCUT2D eigenvalue weighted by molar-refractivity contribution is -0.174. The molecule has 1 N–H and O–H groups in total. The molecule has 0 unspecified atom stereocenters. The van der Waals surface area contributed by atoms with E-state index in [4.69, 9.17) is 0 Å². The minimum Gasteiger partial charge on any atom is -0.372 e. The van der Waals surface area contributed by atoms with Gasteiger partial charge in [-0.15, -0.1) is 0 Å². The molecule has 0 radical (unpaired) electrons. The smallest absolute Gasteiger partial charge is 0.372 e. The monoisotopic (exact) mass is 353 g/mol. The van der Waals surface area contributed by atoms with Gasteiger partial charge in [0.1, 0.15) is 6.61 Å². The summed E-state index contributed by atoms with van der Waals surface area (Å²) in [6, 6.07) is 5.42. The zero-order valence-corrected chi connectivity index (χ0v) is 12.5. The summed E-state index contributed by atoms with van der Waals surface area (Å²) >= 11 is 3.33. The van der Waals surface area contributed by atoms with Crippen LogP contribution in [0.5, 0.6) is 0 Å². The maximum absolute atomic E-state index is 11.8. The molecule has 0 fully saturated rings. The molecule has 0 spiro atoms. The van der Waals surface area contributed by atoms with Crippen LogP contribution in [0.2, 0.25) is 0 Å². The van der Waals surface area contributed by atoms with Gasteiger partial charge in [0.2, 0.25) is 5.91 Å². The summed E-state index contributed by atoms with van der Waals surface area (Å²) in [7, 11) is 0. The number of amides is 1. The third kappa shape index (κ3) is 6.38. The number of halogens is 4. The van der Waals surface area contributed by atoms with Crippen molar-refractivity contribution in [2.75, 3.05) is 18.5 Å². The summed E-state index contributed by atoms with van der Waals surface area (Å²) in [5.41, 5.74) is 1.61. The van der Waals surface area contributed by atoms with Crippen LogP contribution in [0, 0.1) is 0 Å². The van der Waals surface area contributed by atoms with Gasteiger partial charge in [-0.25, -0.2) is 0 Å². The molecule has 7 heteroatoms. The highest BCUT2D eigenvalue weighted by molar-refractivity contribution is 9.10. The molecule has 20 heavy (non-hydrogen) atoms. The average molecular weight is 354 g/mol. The molecule has 0 saturated heterocycles. The lowest BCUT2D eigenvalue weighted by Gasteiger charge is -2.11. The Morgan fingerprint density at radius 3 is 2.70 bits per heavy atom. The van der Waals surface area contributed by atoms with Gasteiger partial charge in [-0.1, -0.05) is 22.9 Å². The second-order valence-corrected chi connectivity index (χ2v) is 5.04. The Balaban J connectivity index is 2.43. The number of benzene rings is 1. The Morgan fingerprint density at radius 1 is 1.40 bits per heavy atom. The van der Waals surface area contributed by atoms with Crippen LogP contribution in [0.1, 0.15) is 18.9 Å². The van der Waals surface area contributed by atoms with E-state index in [1.54, 1.807) is 12.1 Å². The van der Waals surface area contributed by atoms with Crippen molar-refractivity contribution in [3.63, 3.8) is 0 Å². The summed E-state index contributed by atoms with van der Waals surface area (Å²) in [4.78, 5) is 11.6. The van der Waals surface area contributed by atoms with Crippen LogP contribution in [-0.4, -0.2) is 25.3 Å². The van der Waals surface area contributed by atoms with Crippen molar-refractivity contribution in [1.82, 2.24) is 0 Å². The number of nitrogens with one attached hydrogen (secondary N) is 1. The van der Waals surface area contributed by atoms with Crippen LogP contribution >= 0.6 is 15.9 Å². The number of aryl methyl sites for hydroxylation is 1. The van der Waals surface area contributed by atoms with Crippen molar-refractivity contribution in [3.8, 4) is 0 Å². The number of rotatable bonds is 6. The first-order chi connectivity index (χ1) is 9.31. The molecular weight excluding hydrogens is 339 g/mol. The third-order valence-corrected chi connectivity index (χ3v) is 2.95. The van der Waals surface area contributed by atoms with Crippen molar-refractivity contribution >= 4 is 27.5 Å². The number of carbonyl (C=O) groups excluding carboxylic acids is 1. The van der Waals surface area contributed by atoms with Gasteiger partial charge in [-0.2, -0.15) is 13.2 Å². The normalized spacial score (nSPS) is 11.4. The minimum absolute atomic E-state index is 0.116. The van der Waals surface area contributed by atoms with Gasteiger partial charge in [-0.05, 0) is 30.2 Å². The van der Waals surface area contributed by atoms with Gasteiger partial charge in [-0.3, -0.25) is 4.79 Å². The summed E-state index contributed by atoms with van der Waals surface area (Å²) in [5.74, 6) is -0.371. The molecule has 0 bridgehead atoms. The highest BCUT2D eigenvalue weighted by Crippen LogP contribution is 2.21. The number of carbonyl (C=O) groups is 1. The maximum atomic E-state index is 11.8. The summed E-state index contributed by atoms with van der Waals surface area (Å²) in [5, 5.41) is 2.67. The number of hydrogen-bond acceptors (Lipinski definition) is 2. The van der Waals surface area contributed by atoms with E-state index >= 15 is 0 Å². The molecule has 0 aliphatic heterocycles. The molecule has 1 aromatic rings. The Bertz CT molecular complexity index is 463. The molecule has 0 heterocycles. The van der Waals surface area contributed by atoms with E-state index in [1.165, 1.54) is 0 Å². The fourth-order valence-corrected chi connectivity index (χ4v) is 1.95. The highest BCUT2D eigenvalue weighted by Gasteiger charge is 2.27. The fourth-order valence-electron chi connectivity index (χ4n) is 1.54. The van der Waals surface area contributed by atoms with Crippen LogP contribution in [0.15, 0.2) is 22.7 Å². The number of ether oxygens (including phenoxy) is 1. The standard InChI is InChI=1S/C13H15BrF3NO2/c1-2-9-7-10(14)3-4-11(9)18-12(19)5-6-20-8-13(15,16)17/h3-4,7H,2,5-6,8H2,1H3,(H,18,19). The molecule has 0 aliphatic rings. The predicted molar refractivity (Wildman–Crippen MR) is 73.6 cm³/mol. The first kappa shape index (κ1) is 17.0. The Kier molecular flexibility index (Phi) is 6.48. The summed E-state index contributed by atoms with van der Waals surface area (Å²) < 4.78 is 40.8. The molecule has 0 aliphatic carbocycles. The van der Waals surface area contributed by atoms with E-state index in [9.17, 15) is 18.0 Å². The molecule has 3 nitrogen and oxygen atoms in total. The average Bonchev–Trinajstić information content (AvgIpc) is 2.35. The summed E-state index contributed by atoms with van der Waals surface area (Å²) in [6.07, 6.45) is -3.74. The van der Waals surface area contributed by atoms with Crippen molar-refractivity contribution in [2.24, 2.45) is 0 Å². The van der Waals surface area contributed by atoms with Gasteiger partial charge in [0.25, 0.3) is 0 Å². The number of anilines is 1. The van der Waals surface area contributed by atoms with E-state index in [-0.39, 0.29) is 18.9 Å². The second-order valence-electron chi connectivity index (χ2n) is 4.12. The van der Waals surface area contributed by atoms with E-state index in [0.29, 0.717) is 5.69 Å². The molecule has 1 amide bonds. The molecule has 112 valence electrons. The van der Waals surface area contributed by atoms with Crippen molar-refractivity contribution in [2.45, 2.75) is 25.9 Å². The van der Waals surface area contributed by atoms with E-state index in [2.05, 4.69) is 26.0 Å².